The summed E-state index contributed by atoms with van der Waals surface area (Å²) in [6.45, 7) is 0. The zero-order valence-electron chi connectivity index (χ0n) is 14.5. The molecule has 1 N–H and O–H groups in total. The van der Waals surface area contributed by atoms with Crippen LogP contribution in [0.25, 0.3) is 0 Å². The number of urea groups is 1. The van der Waals surface area contributed by atoms with E-state index in [2.05, 4.69) is 42.2 Å². The minimum Gasteiger partial charge on any atom is -0.363 e. The third-order valence-corrected chi connectivity index (χ3v) is 6.45. The fourth-order valence-electron chi connectivity index (χ4n) is 2.57. The van der Waals surface area contributed by atoms with Crippen LogP contribution in [0, 0.1) is 0 Å². The van der Waals surface area contributed by atoms with Gasteiger partial charge in [0.15, 0.2) is 0 Å². The Balaban J connectivity index is 1.97. The quantitative estimate of drug-likeness (QED) is 0.405. The number of halogens is 4. The molecule has 0 bridgehead atoms. The van der Waals surface area contributed by atoms with Gasteiger partial charge in [0.1, 0.15) is 6.17 Å². The van der Waals surface area contributed by atoms with Crippen LogP contribution in [0.15, 0.2) is 56.4 Å². The highest BCUT2D eigenvalue weighted by Crippen LogP contribution is 2.30. The van der Waals surface area contributed by atoms with Gasteiger partial charge in [-0.05, 0) is 62.2 Å². The van der Waals surface area contributed by atoms with E-state index < -0.39 is 18.1 Å². The Morgan fingerprint density at radius 3 is 2.50 bits per heavy atom. The molecule has 1 fully saturated rings. The fraction of sp³-hybridized carbons (Fsp3) is 0.167. The molecule has 2 aromatic carbocycles. The van der Waals surface area contributed by atoms with Gasteiger partial charge in [0.05, 0.1) is 16.6 Å². The molecule has 3 amide bonds. The van der Waals surface area contributed by atoms with Crippen molar-refractivity contribution >= 4 is 84.2 Å². The number of amides is 3. The number of rotatable bonds is 5. The van der Waals surface area contributed by atoms with Gasteiger partial charge in [-0.3, -0.25) is 9.69 Å². The van der Waals surface area contributed by atoms with Crippen molar-refractivity contribution in [3.05, 3.63) is 56.4 Å². The number of para-hydroxylation sites is 1. The number of anilines is 2. The molecule has 1 unspecified atom stereocenters. The Kier molecular flexibility index (Phi) is 6.65. The second-order valence-corrected chi connectivity index (χ2v) is 8.25. The first-order valence-corrected chi connectivity index (χ1v) is 10.6. The average Bonchev–Trinajstić information content (AvgIpc) is 2.88. The van der Waals surface area contributed by atoms with Gasteiger partial charge in [-0.25, -0.2) is 14.7 Å². The van der Waals surface area contributed by atoms with Crippen LogP contribution in [0.1, 0.15) is 0 Å². The summed E-state index contributed by atoms with van der Waals surface area (Å²) in [5.74, 6) is -0.493. The van der Waals surface area contributed by atoms with Crippen molar-refractivity contribution in [1.29, 1.82) is 0 Å². The monoisotopic (exact) mass is 546 g/mol. The van der Waals surface area contributed by atoms with Crippen molar-refractivity contribution in [3.63, 3.8) is 0 Å². The van der Waals surface area contributed by atoms with Crippen molar-refractivity contribution in [3.8, 4) is 0 Å². The summed E-state index contributed by atoms with van der Waals surface area (Å²) in [7, 11) is 1.39. The van der Waals surface area contributed by atoms with Gasteiger partial charge in [0, 0.05) is 21.7 Å². The lowest BCUT2D eigenvalue weighted by Crippen LogP contribution is -2.34. The highest BCUT2D eigenvalue weighted by atomic mass is 79.9. The molecule has 2 aromatic rings. The number of nitrogens with zero attached hydrogens (tertiary/aromatic N) is 3. The number of carbonyl (C=O) groups excluding carboxylic acids is 2. The summed E-state index contributed by atoms with van der Waals surface area (Å²) in [6, 6.07) is 11.8. The molecule has 3 rings (SSSR count). The molecule has 1 saturated heterocycles. The van der Waals surface area contributed by atoms with E-state index in [1.54, 1.807) is 24.3 Å². The third kappa shape index (κ3) is 4.20. The van der Waals surface area contributed by atoms with E-state index in [1.807, 2.05) is 18.2 Å². The van der Waals surface area contributed by atoms with E-state index >= 15 is 0 Å². The third-order valence-electron chi connectivity index (χ3n) is 3.96. The van der Waals surface area contributed by atoms with Crippen LogP contribution in [-0.2, 0) is 4.79 Å². The highest BCUT2D eigenvalue weighted by Gasteiger charge is 2.42. The molecule has 0 radical (unpaired) electrons. The van der Waals surface area contributed by atoms with Gasteiger partial charge in [-0.1, -0.05) is 23.7 Å². The number of alkyl halides is 1. The Labute approximate surface area is 188 Å². The number of imide groups is 1. The molecule has 1 atom stereocenters. The van der Waals surface area contributed by atoms with Gasteiger partial charge in [0.2, 0.25) is 5.84 Å². The number of benzene rings is 2. The summed E-state index contributed by atoms with van der Waals surface area (Å²) in [4.78, 5) is 31.8. The summed E-state index contributed by atoms with van der Waals surface area (Å²) in [6.07, 6.45) is -0.641. The van der Waals surface area contributed by atoms with E-state index in [0.717, 1.165) is 19.5 Å². The molecule has 0 spiro atoms. The summed E-state index contributed by atoms with van der Waals surface area (Å²) < 4.78 is 1.75. The predicted octanol–water partition coefficient (Wildman–Crippen LogP) is 5.34. The maximum atomic E-state index is 12.6. The van der Waals surface area contributed by atoms with Crippen molar-refractivity contribution in [2.24, 2.45) is 4.99 Å². The van der Waals surface area contributed by atoms with Gasteiger partial charge in [-0.15, -0.1) is 11.6 Å². The van der Waals surface area contributed by atoms with E-state index in [-0.39, 0.29) is 11.7 Å². The zero-order chi connectivity index (χ0) is 20.4. The molecular formula is C18H14Br2Cl2N4O2. The lowest BCUT2D eigenvalue weighted by molar-refractivity contribution is -0.119. The van der Waals surface area contributed by atoms with Gasteiger partial charge < -0.3 is 5.32 Å². The van der Waals surface area contributed by atoms with Crippen molar-refractivity contribution in [1.82, 2.24) is 4.90 Å². The largest absolute Gasteiger partial charge is 0.363 e. The molecular weight excluding hydrogens is 535 g/mol. The van der Waals surface area contributed by atoms with Crippen LogP contribution >= 0.6 is 55.1 Å². The first kappa shape index (κ1) is 21.1. The summed E-state index contributed by atoms with van der Waals surface area (Å²) in [5, 5.41) is 3.48. The zero-order valence-corrected chi connectivity index (χ0v) is 19.2. The standard InChI is InChI=1S/C18H14Br2Cl2N4O2/c1-25-17(27)16(26(18(25)28)14-5-3-2-4-13(14)22)24-15(9-21)23-10-6-7-11(19)12(20)8-10/h2-8,15,23H,9H2,1H3. The normalized spacial score (nSPS) is 16.8. The predicted molar refractivity (Wildman–Crippen MR) is 120 cm³/mol. The molecule has 0 saturated carbocycles. The van der Waals surface area contributed by atoms with E-state index in [9.17, 15) is 9.59 Å². The maximum absolute atomic E-state index is 12.6. The van der Waals surface area contributed by atoms with Crippen LogP contribution in [-0.4, -0.2) is 41.8 Å². The number of amidine groups is 1. The number of nitrogens with one attached hydrogen (secondary N) is 1. The van der Waals surface area contributed by atoms with Gasteiger partial charge >= 0.3 is 6.03 Å². The number of hydrogen-bond acceptors (Lipinski definition) is 4. The van der Waals surface area contributed by atoms with E-state index in [0.29, 0.717) is 10.7 Å². The topological polar surface area (TPSA) is 65.0 Å². The van der Waals surface area contributed by atoms with E-state index in [1.165, 1.54) is 11.9 Å². The van der Waals surface area contributed by atoms with Crippen molar-refractivity contribution in [2.45, 2.75) is 6.17 Å². The number of likely N-dealkylation sites (N-methyl/N-ethyl adjacent to an activating group) is 1. The molecule has 6 nitrogen and oxygen atoms in total. The molecule has 0 aliphatic carbocycles. The second kappa shape index (κ2) is 8.82. The van der Waals surface area contributed by atoms with Crippen LogP contribution in [0.2, 0.25) is 5.02 Å². The number of hydrogen-bond donors (Lipinski definition) is 1. The molecule has 28 heavy (non-hydrogen) atoms. The Hall–Kier alpha value is -1.61. The van der Waals surface area contributed by atoms with Crippen molar-refractivity contribution < 1.29 is 9.59 Å². The highest BCUT2D eigenvalue weighted by molar-refractivity contribution is 9.13. The smallest absolute Gasteiger partial charge is 0.337 e. The minimum absolute atomic E-state index is 0.0464. The van der Waals surface area contributed by atoms with Crippen LogP contribution in [0.3, 0.4) is 0 Å². The molecule has 1 aliphatic heterocycles. The Morgan fingerprint density at radius 1 is 1.14 bits per heavy atom. The Morgan fingerprint density at radius 2 is 1.86 bits per heavy atom. The molecule has 1 heterocycles. The average molecular weight is 549 g/mol. The fourth-order valence-corrected chi connectivity index (χ4v) is 3.56. The van der Waals surface area contributed by atoms with Crippen LogP contribution < -0.4 is 10.2 Å². The summed E-state index contributed by atoms with van der Waals surface area (Å²) in [5.41, 5.74) is 1.13. The lowest BCUT2D eigenvalue weighted by Gasteiger charge is -2.19. The van der Waals surface area contributed by atoms with Crippen molar-refractivity contribution in [2.75, 3.05) is 23.1 Å². The first-order valence-electron chi connectivity index (χ1n) is 8.05. The van der Waals surface area contributed by atoms with Crippen LogP contribution in [0.4, 0.5) is 16.2 Å². The van der Waals surface area contributed by atoms with E-state index in [4.69, 9.17) is 23.2 Å². The second-order valence-electron chi connectivity index (χ2n) is 5.83. The molecule has 10 heteroatoms. The van der Waals surface area contributed by atoms with Gasteiger partial charge in [-0.2, -0.15) is 0 Å². The Bertz CT molecular complexity index is 970. The van der Waals surface area contributed by atoms with Crippen LogP contribution in [0.5, 0.6) is 0 Å². The number of carbonyl (C=O) groups is 2. The van der Waals surface area contributed by atoms with Gasteiger partial charge in [0.25, 0.3) is 5.91 Å². The SMILES string of the molecule is CN1C(=O)C(=NC(CCl)Nc2ccc(Br)c(Br)c2)N(c2ccccc2Cl)C1=O. The summed E-state index contributed by atoms with van der Waals surface area (Å²) >= 11 is 19.1. The maximum Gasteiger partial charge on any atom is 0.337 e. The molecule has 146 valence electrons. The molecule has 0 aromatic heterocycles. The lowest BCUT2D eigenvalue weighted by atomic mass is 10.3. The number of aliphatic imine (C=N–C) groups is 1. The molecule has 1 aliphatic rings. The minimum atomic E-state index is -0.641. The first-order chi connectivity index (χ1) is 13.3.